The quantitative estimate of drug-likeness (QED) is 0.667. The van der Waals surface area contributed by atoms with Gasteiger partial charge in [-0.1, -0.05) is 26.8 Å². The molecule has 0 bridgehead atoms. The zero-order valence-electron chi connectivity index (χ0n) is 18.5. The first-order chi connectivity index (χ1) is 12.7. The zero-order chi connectivity index (χ0) is 20.9. The van der Waals surface area contributed by atoms with Crippen molar-refractivity contribution in [2.75, 3.05) is 0 Å². The zero-order valence-corrected chi connectivity index (χ0v) is 18.5. The van der Waals surface area contributed by atoms with Gasteiger partial charge in [-0.25, -0.2) is 0 Å². The second-order valence-electron chi connectivity index (χ2n) is 11.5. The second kappa shape index (κ2) is 5.82. The molecule has 2 saturated heterocycles. The third kappa shape index (κ3) is 2.56. The molecule has 5 heteroatoms. The summed E-state index contributed by atoms with van der Waals surface area (Å²) in [5, 5.41) is 22.8. The maximum atomic E-state index is 11.4. The topological polar surface area (TPSA) is 68.2 Å². The number of ether oxygens (including phenoxy) is 3. The van der Waals surface area contributed by atoms with Gasteiger partial charge in [-0.3, -0.25) is 0 Å². The molecule has 0 aromatic heterocycles. The van der Waals surface area contributed by atoms with Crippen molar-refractivity contribution in [1.82, 2.24) is 0 Å². The molecule has 0 amide bonds. The molecule has 5 nitrogen and oxygen atoms in total. The van der Waals surface area contributed by atoms with Gasteiger partial charge in [0.15, 0.2) is 5.79 Å². The van der Waals surface area contributed by atoms with Crippen molar-refractivity contribution in [2.45, 2.75) is 109 Å². The van der Waals surface area contributed by atoms with Crippen LogP contribution in [0.1, 0.15) is 67.7 Å². The summed E-state index contributed by atoms with van der Waals surface area (Å²) in [4.78, 5) is 0. The van der Waals surface area contributed by atoms with Crippen LogP contribution in [-0.4, -0.2) is 51.6 Å². The number of rotatable bonds is 1. The fraction of sp³-hybridized carbons (Fsp3) is 0.913. The minimum Gasteiger partial charge on any atom is -0.393 e. The van der Waals surface area contributed by atoms with E-state index < -0.39 is 34.6 Å². The van der Waals surface area contributed by atoms with Crippen LogP contribution in [0.2, 0.25) is 0 Å². The van der Waals surface area contributed by atoms with Crippen molar-refractivity contribution in [3.05, 3.63) is 12.7 Å². The molecule has 0 spiro atoms. The number of aliphatic hydroxyl groups is 2. The van der Waals surface area contributed by atoms with Gasteiger partial charge in [0.25, 0.3) is 0 Å². The number of hydrogen-bond donors (Lipinski definition) is 2. The molecule has 160 valence electrons. The number of fused-ring (bicyclic) bond motifs is 6. The SMILES string of the molecule is C=C[C@@]1(C)C[C@@H](O)[C@H]2[C@](C)(O1)[C@H]1OC(C)(C)O[C@H]1[C@H]1C(C)(C)CC[C@@H](O)[C@@]12C. The summed E-state index contributed by atoms with van der Waals surface area (Å²) in [5.41, 5.74) is -2.02. The Morgan fingerprint density at radius 3 is 2.21 bits per heavy atom. The maximum absolute atomic E-state index is 11.4. The molecule has 4 aliphatic rings. The largest absolute Gasteiger partial charge is 0.393 e. The average molecular weight is 395 g/mol. The standard InChI is InChI=1S/C23H38O5/c1-9-21(6)12-13(24)16-22(7)14(25)10-11-19(2,3)17(22)15-18(23(16,8)28-21)27-20(4,5)26-15/h9,13-18,24-25H,1,10-12H2,2-8H3/t13-,14-,15+,16-,17+,18+,21+,22-,23+/m1/s1. The van der Waals surface area contributed by atoms with Gasteiger partial charge in [0.2, 0.25) is 0 Å². The van der Waals surface area contributed by atoms with Crippen LogP contribution < -0.4 is 0 Å². The third-order valence-electron chi connectivity index (χ3n) is 8.49. The van der Waals surface area contributed by atoms with Crippen molar-refractivity contribution in [2.24, 2.45) is 22.7 Å². The molecule has 28 heavy (non-hydrogen) atoms. The summed E-state index contributed by atoms with van der Waals surface area (Å²) in [6, 6.07) is 0. The van der Waals surface area contributed by atoms with Gasteiger partial charge < -0.3 is 24.4 Å². The van der Waals surface area contributed by atoms with Gasteiger partial charge in [-0.2, -0.15) is 0 Å². The third-order valence-corrected chi connectivity index (χ3v) is 8.49. The Morgan fingerprint density at radius 2 is 1.61 bits per heavy atom. The molecular formula is C23H38O5. The molecule has 0 aromatic rings. The molecule has 2 N–H and O–H groups in total. The van der Waals surface area contributed by atoms with Crippen LogP contribution in [0.3, 0.4) is 0 Å². The lowest BCUT2D eigenvalue weighted by atomic mass is 9.41. The minimum absolute atomic E-state index is 0.0408. The predicted octanol–water partition coefficient (Wildman–Crippen LogP) is 3.42. The van der Waals surface area contributed by atoms with E-state index in [0.29, 0.717) is 6.42 Å². The molecule has 0 unspecified atom stereocenters. The molecule has 2 aliphatic carbocycles. The smallest absolute Gasteiger partial charge is 0.163 e. The fourth-order valence-corrected chi connectivity index (χ4v) is 7.61. The molecule has 2 aliphatic heterocycles. The van der Waals surface area contributed by atoms with Gasteiger partial charge in [0.05, 0.1) is 23.9 Å². The molecule has 2 saturated carbocycles. The Balaban J connectivity index is 1.93. The van der Waals surface area contributed by atoms with Crippen molar-refractivity contribution in [3.8, 4) is 0 Å². The van der Waals surface area contributed by atoms with E-state index in [1.807, 2.05) is 27.7 Å². The van der Waals surface area contributed by atoms with Crippen LogP contribution >= 0.6 is 0 Å². The van der Waals surface area contributed by atoms with E-state index in [-0.39, 0.29) is 29.5 Å². The van der Waals surface area contributed by atoms with Crippen LogP contribution in [0.4, 0.5) is 0 Å². The summed E-state index contributed by atoms with van der Waals surface area (Å²) < 4.78 is 19.7. The second-order valence-corrected chi connectivity index (χ2v) is 11.5. The van der Waals surface area contributed by atoms with E-state index >= 15 is 0 Å². The van der Waals surface area contributed by atoms with Crippen LogP contribution in [-0.2, 0) is 14.2 Å². The van der Waals surface area contributed by atoms with E-state index in [1.165, 1.54) is 0 Å². The van der Waals surface area contributed by atoms with Gasteiger partial charge in [-0.05, 0) is 46.0 Å². The molecule has 0 aromatic carbocycles. The van der Waals surface area contributed by atoms with E-state index in [0.717, 1.165) is 12.8 Å². The van der Waals surface area contributed by atoms with Gasteiger partial charge in [0, 0.05) is 23.7 Å². The van der Waals surface area contributed by atoms with E-state index in [2.05, 4.69) is 27.4 Å². The van der Waals surface area contributed by atoms with Crippen LogP contribution in [0.25, 0.3) is 0 Å². The predicted molar refractivity (Wildman–Crippen MR) is 107 cm³/mol. The normalized spacial score (nSPS) is 57.0. The summed E-state index contributed by atoms with van der Waals surface area (Å²) in [7, 11) is 0. The van der Waals surface area contributed by atoms with E-state index in [4.69, 9.17) is 14.2 Å². The Morgan fingerprint density at radius 1 is 0.964 bits per heavy atom. The highest BCUT2D eigenvalue weighted by Gasteiger charge is 2.75. The molecular weight excluding hydrogens is 356 g/mol. The highest BCUT2D eigenvalue weighted by molar-refractivity contribution is 5.23. The van der Waals surface area contributed by atoms with E-state index in [1.54, 1.807) is 6.08 Å². The van der Waals surface area contributed by atoms with Crippen molar-refractivity contribution >= 4 is 0 Å². The minimum atomic E-state index is -0.793. The van der Waals surface area contributed by atoms with Crippen LogP contribution in [0, 0.1) is 22.7 Å². The lowest BCUT2D eigenvalue weighted by Gasteiger charge is -2.69. The summed E-state index contributed by atoms with van der Waals surface area (Å²) >= 11 is 0. The van der Waals surface area contributed by atoms with Gasteiger partial charge >= 0.3 is 0 Å². The van der Waals surface area contributed by atoms with Gasteiger partial charge in [-0.15, -0.1) is 6.58 Å². The van der Waals surface area contributed by atoms with Crippen LogP contribution in [0.5, 0.6) is 0 Å². The molecule has 4 fully saturated rings. The van der Waals surface area contributed by atoms with Gasteiger partial charge in [0.1, 0.15) is 11.7 Å². The highest BCUT2D eigenvalue weighted by atomic mass is 16.8. The van der Waals surface area contributed by atoms with Crippen molar-refractivity contribution in [1.29, 1.82) is 0 Å². The van der Waals surface area contributed by atoms with Crippen molar-refractivity contribution in [3.63, 3.8) is 0 Å². The van der Waals surface area contributed by atoms with Crippen molar-refractivity contribution < 1.29 is 24.4 Å². The Kier molecular flexibility index (Phi) is 4.32. The molecule has 9 atom stereocenters. The summed E-state index contributed by atoms with van der Waals surface area (Å²) in [5.74, 6) is -0.936. The fourth-order valence-electron chi connectivity index (χ4n) is 7.61. The van der Waals surface area contributed by atoms with E-state index in [9.17, 15) is 10.2 Å². The summed E-state index contributed by atoms with van der Waals surface area (Å²) in [6.07, 6.45) is 2.23. The monoisotopic (exact) mass is 394 g/mol. The van der Waals surface area contributed by atoms with Crippen LogP contribution in [0.15, 0.2) is 12.7 Å². The first-order valence-corrected chi connectivity index (χ1v) is 10.8. The lowest BCUT2D eigenvalue weighted by Crippen LogP contribution is -2.77. The molecule has 0 radical (unpaired) electrons. The first-order valence-electron chi connectivity index (χ1n) is 10.8. The molecule has 2 heterocycles. The lowest BCUT2D eigenvalue weighted by molar-refractivity contribution is -0.337. The maximum Gasteiger partial charge on any atom is 0.163 e. The Bertz CT molecular complexity index is 674. The average Bonchev–Trinajstić information content (AvgIpc) is 2.86. The molecule has 4 rings (SSSR count). The summed E-state index contributed by atoms with van der Waals surface area (Å²) in [6.45, 7) is 18.5. The number of aliphatic hydroxyl groups excluding tert-OH is 2. The number of hydrogen-bond acceptors (Lipinski definition) is 5. The Hall–Kier alpha value is -0.460. The first kappa shape index (κ1) is 20.8. The Labute approximate surface area is 169 Å². The highest BCUT2D eigenvalue weighted by Crippen LogP contribution is 2.68.